The van der Waals surface area contributed by atoms with E-state index in [0.717, 1.165) is 13.0 Å². The Morgan fingerprint density at radius 2 is 2.09 bits per heavy atom. The summed E-state index contributed by atoms with van der Waals surface area (Å²) < 4.78 is 5.39. The van der Waals surface area contributed by atoms with E-state index in [0.29, 0.717) is 5.92 Å². The van der Waals surface area contributed by atoms with Crippen LogP contribution in [-0.4, -0.2) is 24.4 Å². The van der Waals surface area contributed by atoms with Gasteiger partial charge in [-0.25, -0.2) is 0 Å². The Labute approximate surface area is 68.6 Å². The molecule has 2 atom stereocenters. The van der Waals surface area contributed by atoms with Gasteiger partial charge in [-0.2, -0.15) is 0 Å². The summed E-state index contributed by atoms with van der Waals surface area (Å²) in [6.45, 7) is 7.59. The van der Waals surface area contributed by atoms with Gasteiger partial charge in [0.1, 0.15) is 0 Å². The minimum atomic E-state index is 0.0787. The number of rotatable bonds is 1. The van der Waals surface area contributed by atoms with Crippen molar-refractivity contribution >= 4 is 0 Å². The monoisotopic (exact) mass is 158 g/mol. The third kappa shape index (κ3) is 1.94. The third-order valence-electron chi connectivity index (χ3n) is 2.50. The van der Waals surface area contributed by atoms with Crippen LogP contribution < -0.4 is 0 Å². The Balaban J connectivity index is 2.57. The van der Waals surface area contributed by atoms with Gasteiger partial charge in [-0.15, -0.1) is 0 Å². The first-order chi connectivity index (χ1) is 5.05. The fourth-order valence-electron chi connectivity index (χ4n) is 1.82. The van der Waals surface area contributed by atoms with Crippen molar-refractivity contribution in [2.24, 2.45) is 11.3 Å². The summed E-state index contributed by atoms with van der Waals surface area (Å²) >= 11 is 0. The molecule has 1 aliphatic heterocycles. The minimum Gasteiger partial charge on any atom is -0.394 e. The van der Waals surface area contributed by atoms with E-state index in [-0.39, 0.29) is 18.1 Å². The van der Waals surface area contributed by atoms with Crippen LogP contribution in [0.5, 0.6) is 0 Å². The second kappa shape index (κ2) is 3.11. The second-order valence-corrected chi connectivity index (χ2v) is 4.35. The lowest BCUT2D eigenvalue weighted by atomic mass is 9.77. The highest BCUT2D eigenvalue weighted by molar-refractivity contribution is 4.84. The smallest absolute Gasteiger partial charge is 0.0839 e. The summed E-state index contributed by atoms with van der Waals surface area (Å²) in [6, 6.07) is 0. The zero-order valence-corrected chi connectivity index (χ0v) is 7.63. The van der Waals surface area contributed by atoms with Crippen LogP contribution in [0.3, 0.4) is 0 Å². The maximum absolute atomic E-state index is 8.97. The first kappa shape index (κ1) is 9.01. The molecule has 1 aliphatic rings. The van der Waals surface area contributed by atoms with Gasteiger partial charge in [-0.3, -0.25) is 0 Å². The largest absolute Gasteiger partial charge is 0.394 e. The summed E-state index contributed by atoms with van der Waals surface area (Å²) in [5.41, 5.74) is 0.268. The van der Waals surface area contributed by atoms with E-state index in [1.165, 1.54) is 0 Å². The van der Waals surface area contributed by atoms with E-state index >= 15 is 0 Å². The SMILES string of the molecule is CC(C)(C)[C@@H]1CCO[C@H]1CO. The Bertz CT molecular complexity index is 126. The van der Waals surface area contributed by atoms with Crippen LogP contribution in [-0.2, 0) is 4.74 Å². The summed E-state index contributed by atoms with van der Waals surface area (Å²) in [6.07, 6.45) is 1.17. The fourth-order valence-corrected chi connectivity index (χ4v) is 1.82. The van der Waals surface area contributed by atoms with E-state index in [1.807, 2.05) is 0 Å². The molecule has 0 aromatic heterocycles. The molecule has 0 amide bonds. The predicted octanol–water partition coefficient (Wildman–Crippen LogP) is 1.43. The van der Waals surface area contributed by atoms with E-state index in [9.17, 15) is 0 Å². The van der Waals surface area contributed by atoms with Gasteiger partial charge in [0.2, 0.25) is 0 Å². The molecule has 0 radical (unpaired) electrons. The minimum absolute atomic E-state index is 0.0787. The number of aliphatic hydroxyl groups excluding tert-OH is 1. The Morgan fingerprint density at radius 3 is 2.45 bits per heavy atom. The van der Waals surface area contributed by atoms with E-state index in [4.69, 9.17) is 9.84 Å². The highest BCUT2D eigenvalue weighted by atomic mass is 16.5. The second-order valence-electron chi connectivity index (χ2n) is 4.35. The average Bonchev–Trinajstić information content (AvgIpc) is 2.31. The molecule has 1 rings (SSSR count). The molecule has 2 nitrogen and oxygen atoms in total. The van der Waals surface area contributed by atoms with Gasteiger partial charge in [0, 0.05) is 6.61 Å². The van der Waals surface area contributed by atoms with Gasteiger partial charge in [0.05, 0.1) is 12.7 Å². The summed E-state index contributed by atoms with van der Waals surface area (Å²) in [5, 5.41) is 8.97. The van der Waals surface area contributed by atoms with Gasteiger partial charge in [-0.1, -0.05) is 20.8 Å². The maximum atomic E-state index is 8.97. The molecule has 66 valence electrons. The first-order valence-corrected chi connectivity index (χ1v) is 4.28. The quantitative estimate of drug-likeness (QED) is 0.625. The van der Waals surface area contributed by atoms with Gasteiger partial charge in [-0.05, 0) is 17.8 Å². The molecular formula is C9H18O2. The van der Waals surface area contributed by atoms with Crippen molar-refractivity contribution in [3.63, 3.8) is 0 Å². The predicted molar refractivity (Wildman–Crippen MR) is 44.4 cm³/mol. The Kier molecular flexibility index (Phi) is 2.55. The molecule has 1 fully saturated rings. The van der Waals surface area contributed by atoms with Gasteiger partial charge in [0.25, 0.3) is 0 Å². The van der Waals surface area contributed by atoms with Crippen LogP contribution in [0, 0.1) is 11.3 Å². The van der Waals surface area contributed by atoms with Crippen molar-refractivity contribution < 1.29 is 9.84 Å². The van der Waals surface area contributed by atoms with Crippen molar-refractivity contribution in [2.75, 3.05) is 13.2 Å². The Hall–Kier alpha value is -0.0800. The molecular weight excluding hydrogens is 140 g/mol. The summed E-state index contributed by atoms with van der Waals surface area (Å²) in [4.78, 5) is 0. The molecule has 11 heavy (non-hydrogen) atoms. The molecule has 1 N–H and O–H groups in total. The van der Waals surface area contributed by atoms with Crippen molar-refractivity contribution in [1.82, 2.24) is 0 Å². The van der Waals surface area contributed by atoms with Gasteiger partial charge < -0.3 is 9.84 Å². The molecule has 0 bridgehead atoms. The number of hydrogen-bond donors (Lipinski definition) is 1. The summed E-state index contributed by atoms with van der Waals surface area (Å²) in [5.74, 6) is 0.521. The molecule has 0 spiro atoms. The topological polar surface area (TPSA) is 29.5 Å². The number of aliphatic hydroxyl groups is 1. The average molecular weight is 158 g/mol. The molecule has 0 saturated carbocycles. The van der Waals surface area contributed by atoms with Crippen molar-refractivity contribution in [3.05, 3.63) is 0 Å². The standard InChI is InChI=1S/C9H18O2/c1-9(2,3)7-4-5-11-8(7)6-10/h7-8,10H,4-6H2,1-3H3/t7-,8+/m1/s1. The number of ether oxygens (including phenoxy) is 1. The molecule has 2 heteroatoms. The first-order valence-electron chi connectivity index (χ1n) is 4.28. The van der Waals surface area contributed by atoms with Crippen LogP contribution in [0.2, 0.25) is 0 Å². The third-order valence-corrected chi connectivity index (χ3v) is 2.50. The van der Waals surface area contributed by atoms with Crippen molar-refractivity contribution in [3.8, 4) is 0 Å². The van der Waals surface area contributed by atoms with Crippen molar-refractivity contribution in [2.45, 2.75) is 33.3 Å². The molecule has 1 saturated heterocycles. The lowest BCUT2D eigenvalue weighted by molar-refractivity contribution is 0.0147. The van der Waals surface area contributed by atoms with Crippen LogP contribution in [0.15, 0.2) is 0 Å². The van der Waals surface area contributed by atoms with Gasteiger partial charge >= 0.3 is 0 Å². The highest BCUT2D eigenvalue weighted by Crippen LogP contribution is 2.36. The molecule has 0 aromatic rings. The van der Waals surface area contributed by atoms with Crippen LogP contribution in [0.1, 0.15) is 27.2 Å². The fraction of sp³-hybridized carbons (Fsp3) is 1.00. The molecule has 0 aromatic carbocycles. The zero-order valence-electron chi connectivity index (χ0n) is 7.63. The maximum Gasteiger partial charge on any atom is 0.0839 e. The molecule has 0 aliphatic carbocycles. The van der Waals surface area contributed by atoms with Crippen LogP contribution in [0.4, 0.5) is 0 Å². The lowest BCUT2D eigenvalue weighted by Gasteiger charge is -2.29. The van der Waals surface area contributed by atoms with Gasteiger partial charge in [0.15, 0.2) is 0 Å². The van der Waals surface area contributed by atoms with Crippen molar-refractivity contribution in [1.29, 1.82) is 0 Å². The molecule has 1 heterocycles. The number of hydrogen-bond acceptors (Lipinski definition) is 2. The normalized spacial score (nSPS) is 32.7. The lowest BCUT2D eigenvalue weighted by Crippen LogP contribution is -2.30. The van der Waals surface area contributed by atoms with Crippen LogP contribution in [0.25, 0.3) is 0 Å². The Morgan fingerprint density at radius 1 is 1.45 bits per heavy atom. The van der Waals surface area contributed by atoms with E-state index < -0.39 is 0 Å². The summed E-state index contributed by atoms with van der Waals surface area (Å²) in [7, 11) is 0. The zero-order chi connectivity index (χ0) is 8.48. The highest BCUT2D eigenvalue weighted by Gasteiger charge is 2.36. The van der Waals surface area contributed by atoms with E-state index in [1.54, 1.807) is 0 Å². The molecule has 0 unspecified atom stereocenters. The van der Waals surface area contributed by atoms with Crippen LogP contribution >= 0.6 is 0 Å². The van der Waals surface area contributed by atoms with E-state index in [2.05, 4.69) is 20.8 Å².